The van der Waals surface area contributed by atoms with Gasteiger partial charge in [-0.2, -0.15) is 0 Å². The van der Waals surface area contributed by atoms with Crippen molar-refractivity contribution in [3.63, 3.8) is 0 Å². The number of quaternary nitrogens is 1. The molecule has 4 fully saturated rings. The van der Waals surface area contributed by atoms with E-state index in [0.717, 1.165) is 17.8 Å². The van der Waals surface area contributed by atoms with Gasteiger partial charge in [0.25, 0.3) is 0 Å². The third-order valence-corrected chi connectivity index (χ3v) is 5.17. The van der Waals surface area contributed by atoms with Crippen molar-refractivity contribution in [3.05, 3.63) is 0 Å². The van der Waals surface area contributed by atoms with Crippen molar-refractivity contribution in [3.8, 4) is 0 Å². The minimum atomic E-state index is 0.298. The zero-order chi connectivity index (χ0) is 9.76. The molecule has 1 atom stereocenters. The first kappa shape index (κ1) is 9.17. The molecule has 0 amide bonds. The van der Waals surface area contributed by atoms with Crippen molar-refractivity contribution in [2.75, 3.05) is 6.61 Å². The SMILES string of the molecule is [NH3+][C@H](CO)C12CC3CC(CC(C3)C1)C2. The maximum absolute atomic E-state index is 9.33. The minimum Gasteiger partial charge on any atom is -0.390 e. The molecule has 4 rings (SSSR count). The van der Waals surface area contributed by atoms with Crippen molar-refractivity contribution < 1.29 is 10.8 Å². The maximum Gasteiger partial charge on any atom is 0.113 e. The molecular weight excluding hydrogens is 174 g/mol. The van der Waals surface area contributed by atoms with E-state index in [0.29, 0.717) is 18.1 Å². The van der Waals surface area contributed by atoms with E-state index >= 15 is 0 Å². The second-order valence-corrected chi connectivity index (χ2v) is 6.16. The number of aliphatic hydroxyl groups excluding tert-OH is 1. The second-order valence-electron chi connectivity index (χ2n) is 6.16. The first-order chi connectivity index (χ1) is 6.72. The van der Waals surface area contributed by atoms with E-state index in [4.69, 9.17) is 0 Å². The molecule has 0 radical (unpaired) electrons. The molecule has 0 heterocycles. The van der Waals surface area contributed by atoms with Crippen LogP contribution >= 0.6 is 0 Å². The van der Waals surface area contributed by atoms with Crippen molar-refractivity contribution in [1.29, 1.82) is 0 Å². The highest BCUT2D eigenvalue weighted by molar-refractivity contribution is 5.03. The van der Waals surface area contributed by atoms with Gasteiger partial charge in [-0.1, -0.05) is 0 Å². The molecule has 4 aliphatic rings. The highest BCUT2D eigenvalue weighted by Crippen LogP contribution is 2.60. The molecule has 4 N–H and O–H groups in total. The van der Waals surface area contributed by atoms with Gasteiger partial charge in [0.1, 0.15) is 6.04 Å². The van der Waals surface area contributed by atoms with Crippen LogP contribution in [-0.2, 0) is 0 Å². The van der Waals surface area contributed by atoms with E-state index in [1.54, 1.807) is 0 Å². The highest BCUT2D eigenvalue weighted by atomic mass is 16.3. The first-order valence-corrected chi connectivity index (χ1v) is 6.16. The lowest BCUT2D eigenvalue weighted by atomic mass is 9.48. The van der Waals surface area contributed by atoms with Crippen LogP contribution in [0.4, 0.5) is 0 Å². The zero-order valence-corrected chi connectivity index (χ0v) is 8.91. The molecule has 0 aromatic heterocycles. The van der Waals surface area contributed by atoms with Gasteiger partial charge in [-0.05, 0) is 56.3 Å². The molecule has 4 saturated carbocycles. The molecule has 0 unspecified atom stereocenters. The summed E-state index contributed by atoms with van der Waals surface area (Å²) in [5.41, 5.74) is 4.64. The Hall–Kier alpha value is -0.0800. The van der Waals surface area contributed by atoms with Crippen LogP contribution in [0.15, 0.2) is 0 Å². The van der Waals surface area contributed by atoms with Crippen LogP contribution in [0.25, 0.3) is 0 Å². The van der Waals surface area contributed by atoms with Crippen LogP contribution in [0.2, 0.25) is 0 Å². The third-order valence-electron chi connectivity index (χ3n) is 5.17. The summed E-state index contributed by atoms with van der Waals surface area (Å²) < 4.78 is 0. The van der Waals surface area contributed by atoms with E-state index in [1.165, 1.54) is 38.5 Å². The number of aliphatic hydroxyl groups is 1. The molecule has 80 valence electrons. The zero-order valence-electron chi connectivity index (χ0n) is 8.91. The third kappa shape index (κ3) is 1.17. The normalized spacial score (nSPS) is 52.3. The van der Waals surface area contributed by atoms with Crippen LogP contribution < -0.4 is 5.73 Å². The standard InChI is InChI=1S/C12H21NO/c13-11(7-14)12-4-8-1-9(5-12)3-10(2-8)6-12/h8-11,14H,1-7,13H2/p+1/t8?,9?,10?,11-,12?/m1/s1. The lowest BCUT2D eigenvalue weighted by Crippen LogP contribution is -2.73. The Morgan fingerprint density at radius 3 is 1.86 bits per heavy atom. The molecular formula is C12H22NO+. The van der Waals surface area contributed by atoms with Gasteiger partial charge >= 0.3 is 0 Å². The first-order valence-electron chi connectivity index (χ1n) is 6.16. The molecule has 0 aliphatic heterocycles. The Balaban J connectivity index is 1.87. The molecule has 2 heteroatoms. The monoisotopic (exact) mass is 196 g/mol. The fraction of sp³-hybridized carbons (Fsp3) is 1.00. The summed E-state index contributed by atoms with van der Waals surface area (Å²) in [6.45, 7) is 0.298. The van der Waals surface area contributed by atoms with Gasteiger partial charge in [0.05, 0.1) is 6.61 Å². The summed E-state index contributed by atoms with van der Waals surface area (Å²) in [6.07, 6.45) is 8.56. The lowest BCUT2D eigenvalue weighted by molar-refractivity contribution is -0.463. The van der Waals surface area contributed by atoms with E-state index < -0.39 is 0 Å². The molecule has 14 heavy (non-hydrogen) atoms. The molecule has 2 nitrogen and oxygen atoms in total. The molecule has 4 aliphatic carbocycles. The molecule has 0 saturated heterocycles. The van der Waals surface area contributed by atoms with Gasteiger partial charge in [0.15, 0.2) is 0 Å². The van der Waals surface area contributed by atoms with Crippen molar-refractivity contribution in [1.82, 2.24) is 0 Å². The van der Waals surface area contributed by atoms with Crippen LogP contribution in [0.1, 0.15) is 38.5 Å². The van der Waals surface area contributed by atoms with Crippen LogP contribution in [0.5, 0.6) is 0 Å². The Morgan fingerprint density at radius 1 is 1.07 bits per heavy atom. The largest absolute Gasteiger partial charge is 0.390 e. The average Bonchev–Trinajstić information content (AvgIpc) is 2.14. The van der Waals surface area contributed by atoms with E-state index in [-0.39, 0.29) is 0 Å². The van der Waals surface area contributed by atoms with Crippen LogP contribution in [0, 0.1) is 23.2 Å². The summed E-state index contributed by atoms with van der Waals surface area (Å²) in [6, 6.07) is 0.302. The van der Waals surface area contributed by atoms with E-state index in [1.807, 2.05) is 0 Å². The number of rotatable bonds is 2. The Labute approximate surface area is 85.9 Å². The summed E-state index contributed by atoms with van der Waals surface area (Å²) in [5, 5.41) is 9.33. The van der Waals surface area contributed by atoms with Gasteiger partial charge in [-0.25, -0.2) is 0 Å². The van der Waals surface area contributed by atoms with Gasteiger partial charge < -0.3 is 10.8 Å². The number of hydrogen-bond acceptors (Lipinski definition) is 1. The van der Waals surface area contributed by atoms with Crippen molar-refractivity contribution in [2.45, 2.75) is 44.6 Å². The topological polar surface area (TPSA) is 47.9 Å². The van der Waals surface area contributed by atoms with Gasteiger partial charge in [0, 0.05) is 5.41 Å². The molecule has 0 aromatic rings. The number of hydrogen-bond donors (Lipinski definition) is 2. The highest BCUT2D eigenvalue weighted by Gasteiger charge is 2.54. The van der Waals surface area contributed by atoms with Crippen molar-refractivity contribution >= 4 is 0 Å². The van der Waals surface area contributed by atoms with Gasteiger partial charge in [-0.15, -0.1) is 0 Å². The Morgan fingerprint density at radius 2 is 1.50 bits per heavy atom. The van der Waals surface area contributed by atoms with E-state index in [2.05, 4.69) is 5.73 Å². The average molecular weight is 196 g/mol. The predicted octanol–water partition coefficient (Wildman–Crippen LogP) is 0.806. The summed E-state index contributed by atoms with van der Waals surface area (Å²) in [4.78, 5) is 0. The fourth-order valence-electron chi connectivity index (χ4n) is 4.87. The molecule has 0 aromatic carbocycles. The Kier molecular flexibility index (Phi) is 1.94. The van der Waals surface area contributed by atoms with Crippen LogP contribution in [0.3, 0.4) is 0 Å². The summed E-state index contributed by atoms with van der Waals surface area (Å²) in [7, 11) is 0. The summed E-state index contributed by atoms with van der Waals surface area (Å²) in [5.74, 6) is 2.95. The van der Waals surface area contributed by atoms with Crippen molar-refractivity contribution in [2.24, 2.45) is 23.2 Å². The quantitative estimate of drug-likeness (QED) is 0.674. The second kappa shape index (κ2) is 2.96. The predicted molar refractivity (Wildman–Crippen MR) is 54.4 cm³/mol. The van der Waals surface area contributed by atoms with Gasteiger partial charge in [-0.3, -0.25) is 0 Å². The maximum atomic E-state index is 9.33. The van der Waals surface area contributed by atoms with E-state index in [9.17, 15) is 5.11 Å². The lowest BCUT2D eigenvalue weighted by Gasteiger charge is -2.57. The fourth-order valence-corrected chi connectivity index (χ4v) is 4.87. The Bertz CT molecular complexity index is 203. The van der Waals surface area contributed by atoms with Crippen LogP contribution in [-0.4, -0.2) is 17.8 Å². The molecule has 4 bridgehead atoms. The summed E-state index contributed by atoms with van der Waals surface area (Å²) >= 11 is 0. The minimum absolute atomic E-state index is 0.298. The van der Waals surface area contributed by atoms with Gasteiger partial charge in [0.2, 0.25) is 0 Å². The molecule has 0 spiro atoms. The smallest absolute Gasteiger partial charge is 0.113 e.